The van der Waals surface area contributed by atoms with E-state index >= 15 is 0 Å². The summed E-state index contributed by atoms with van der Waals surface area (Å²) in [6, 6.07) is 12.5. The molecule has 1 heterocycles. The molecular formula is C19H19FN4O2S. The van der Waals surface area contributed by atoms with Gasteiger partial charge < -0.3 is 5.32 Å². The maximum atomic E-state index is 13.2. The third-order valence-corrected chi connectivity index (χ3v) is 5.62. The molecule has 0 amide bonds. The number of hydrogen-bond acceptors (Lipinski definition) is 5. The Morgan fingerprint density at radius 1 is 0.815 bits per heavy atom. The maximum Gasteiger partial charge on any atom is 0.263 e. The van der Waals surface area contributed by atoms with Crippen LogP contribution < -0.4 is 10.0 Å². The molecule has 3 aromatic rings. The Balaban J connectivity index is 1.76. The van der Waals surface area contributed by atoms with Crippen molar-refractivity contribution in [3.63, 3.8) is 0 Å². The van der Waals surface area contributed by atoms with E-state index in [0.29, 0.717) is 11.4 Å². The zero-order valence-corrected chi connectivity index (χ0v) is 15.9. The third kappa shape index (κ3) is 4.40. The Hall–Kier alpha value is -3.00. The van der Waals surface area contributed by atoms with Crippen molar-refractivity contribution in [3.05, 3.63) is 71.0 Å². The molecule has 8 heteroatoms. The molecule has 0 radical (unpaired) electrons. The summed E-state index contributed by atoms with van der Waals surface area (Å²) in [7, 11) is -3.88. The number of benzene rings is 2. The molecule has 0 fully saturated rings. The number of nitrogens with one attached hydrogen (secondary N) is 2. The van der Waals surface area contributed by atoms with Gasteiger partial charge in [0.2, 0.25) is 0 Å². The Morgan fingerprint density at radius 2 is 1.52 bits per heavy atom. The van der Waals surface area contributed by atoms with Gasteiger partial charge in [0.05, 0.1) is 4.90 Å². The zero-order valence-electron chi connectivity index (χ0n) is 15.1. The first kappa shape index (κ1) is 18.8. The van der Waals surface area contributed by atoms with E-state index in [4.69, 9.17) is 0 Å². The molecular weight excluding hydrogens is 367 g/mol. The van der Waals surface area contributed by atoms with Crippen molar-refractivity contribution in [3.8, 4) is 0 Å². The van der Waals surface area contributed by atoms with Gasteiger partial charge in [-0.1, -0.05) is 6.07 Å². The number of sulfonamides is 1. The zero-order chi connectivity index (χ0) is 19.6. The number of hydrogen-bond donors (Lipinski definition) is 2. The molecule has 0 aliphatic heterocycles. The molecule has 0 atom stereocenters. The molecule has 0 unspecified atom stereocenters. The molecule has 0 saturated carbocycles. The highest BCUT2D eigenvalue weighted by atomic mass is 32.2. The molecule has 0 bridgehead atoms. The molecule has 3 rings (SSSR count). The lowest BCUT2D eigenvalue weighted by Crippen LogP contribution is -2.15. The molecule has 0 spiro atoms. The number of aryl methyl sites for hydroxylation is 3. The first-order valence-corrected chi connectivity index (χ1v) is 9.70. The summed E-state index contributed by atoms with van der Waals surface area (Å²) in [6.45, 7) is 5.57. The number of rotatable bonds is 5. The molecule has 2 N–H and O–H groups in total. The lowest BCUT2D eigenvalue weighted by atomic mass is 10.1. The quantitative estimate of drug-likeness (QED) is 0.690. The number of aromatic nitrogens is 2. The van der Waals surface area contributed by atoms with Crippen molar-refractivity contribution in [2.75, 3.05) is 10.0 Å². The molecule has 140 valence electrons. The summed E-state index contributed by atoms with van der Waals surface area (Å²) in [6.07, 6.45) is 0. The van der Waals surface area contributed by atoms with Gasteiger partial charge in [0.1, 0.15) is 5.82 Å². The minimum atomic E-state index is -3.88. The smallest absolute Gasteiger partial charge is 0.263 e. The van der Waals surface area contributed by atoms with Crippen molar-refractivity contribution in [1.29, 1.82) is 0 Å². The Bertz CT molecular complexity index is 1080. The van der Waals surface area contributed by atoms with E-state index in [1.54, 1.807) is 6.07 Å². The average molecular weight is 386 g/mol. The summed E-state index contributed by atoms with van der Waals surface area (Å²) in [5, 5.41) is 11.0. The molecule has 27 heavy (non-hydrogen) atoms. The Morgan fingerprint density at radius 3 is 2.15 bits per heavy atom. The standard InChI is InChI=1S/C19H19FN4O2S/c1-12-4-6-16(11-13(12)2)21-18-8-9-19(23-22-18)24-27(25,26)17-7-5-15(20)10-14(17)3/h4-11H,1-3H3,(H,21,22)(H,23,24). The van der Waals surface area contributed by atoms with Crippen LogP contribution >= 0.6 is 0 Å². The van der Waals surface area contributed by atoms with Gasteiger partial charge in [-0.25, -0.2) is 12.8 Å². The van der Waals surface area contributed by atoms with Crippen LogP contribution in [0.25, 0.3) is 0 Å². The summed E-state index contributed by atoms with van der Waals surface area (Å²) in [4.78, 5) is -0.0111. The second kappa shape index (κ2) is 7.32. The van der Waals surface area contributed by atoms with Crippen molar-refractivity contribution in [2.24, 2.45) is 0 Å². The maximum absolute atomic E-state index is 13.2. The molecule has 0 aliphatic rings. The highest BCUT2D eigenvalue weighted by Gasteiger charge is 2.18. The minimum absolute atomic E-state index is 0.0111. The van der Waals surface area contributed by atoms with Crippen molar-refractivity contribution < 1.29 is 12.8 Å². The van der Waals surface area contributed by atoms with E-state index in [-0.39, 0.29) is 10.7 Å². The van der Waals surface area contributed by atoms with Gasteiger partial charge in [-0.3, -0.25) is 4.72 Å². The van der Waals surface area contributed by atoms with Gasteiger partial charge in [0, 0.05) is 5.69 Å². The van der Waals surface area contributed by atoms with Gasteiger partial charge in [-0.15, -0.1) is 10.2 Å². The van der Waals surface area contributed by atoms with E-state index in [1.807, 2.05) is 32.0 Å². The lowest BCUT2D eigenvalue weighted by molar-refractivity contribution is 0.598. The van der Waals surface area contributed by atoms with E-state index in [0.717, 1.165) is 23.4 Å². The van der Waals surface area contributed by atoms with Gasteiger partial charge in [-0.2, -0.15) is 0 Å². The van der Waals surface area contributed by atoms with E-state index in [2.05, 4.69) is 20.2 Å². The predicted molar refractivity (Wildman–Crippen MR) is 103 cm³/mol. The van der Waals surface area contributed by atoms with Crippen LogP contribution in [0.5, 0.6) is 0 Å². The van der Waals surface area contributed by atoms with Gasteiger partial charge >= 0.3 is 0 Å². The monoisotopic (exact) mass is 386 g/mol. The molecule has 6 nitrogen and oxygen atoms in total. The fraction of sp³-hybridized carbons (Fsp3) is 0.158. The lowest BCUT2D eigenvalue weighted by Gasteiger charge is -2.10. The van der Waals surface area contributed by atoms with Crippen LogP contribution in [0, 0.1) is 26.6 Å². The first-order valence-electron chi connectivity index (χ1n) is 8.21. The molecule has 2 aromatic carbocycles. The SMILES string of the molecule is Cc1ccc(Nc2ccc(NS(=O)(=O)c3ccc(F)cc3C)nn2)cc1C. The van der Waals surface area contributed by atoms with Crippen LogP contribution in [0.2, 0.25) is 0 Å². The average Bonchev–Trinajstić information content (AvgIpc) is 2.59. The second-order valence-corrected chi connectivity index (χ2v) is 7.89. The van der Waals surface area contributed by atoms with Crippen molar-refractivity contribution in [1.82, 2.24) is 10.2 Å². The van der Waals surface area contributed by atoms with Gasteiger partial charge in [-0.05, 0) is 79.9 Å². The third-order valence-electron chi connectivity index (χ3n) is 4.11. The fourth-order valence-corrected chi connectivity index (χ4v) is 3.75. The predicted octanol–water partition coefficient (Wildman–Crippen LogP) is 4.09. The largest absolute Gasteiger partial charge is 0.339 e. The van der Waals surface area contributed by atoms with Gasteiger partial charge in [0.25, 0.3) is 10.0 Å². The Labute approximate surface area is 157 Å². The fourth-order valence-electron chi connectivity index (χ4n) is 2.53. The Kier molecular flexibility index (Phi) is 5.09. The second-order valence-electron chi connectivity index (χ2n) is 6.24. The van der Waals surface area contributed by atoms with Crippen molar-refractivity contribution >= 4 is 27.3 Å². The molecule has 0 saturated heterocycles. The molecule has 1 aromatic heterocycles. The van der Waals surface area contributed by atoms with E-state index in [9.17, 15) is 12.8 Å². The van der Waals surface area contributed by atoms with E-state index in [1.165, 1.54) is 24.6 Å². The summed E-state index contributed by atoms with van der Waals surface area (Å²) < 4.78 is 40.5. The summed E-state index contributed by atoms with van der Waals surface area (Å²) in [5.41, 5.74) is 3.51. The molecule has 0 aliphatic carbocycles. The van der Waals surface area contributed by atoms with Crippen LogP contribution in [-0.2, 0) is 10.0 Å². The number of nitrogens with zero attached hydrogens (tertiary/aromatic N) is 2. The number of halogens is 1. The summed E-state index contributed by atoms with van der Waals surface area (Å²) in [5.74, 6) is 0.0662. The highest BCUT2D eigenvalue weighted by Crippen LogP contribution is 2.21. The normalized spacial score (nSPS) is 11.3. The van der Waals surface area contributed by atoms with Crippen LogP contribution in [-0.4, -0.2) is 18.6 Å². The first-order chi connectivity index (χ1) is 12.7. The van der Waals surface area contributed by atoms with Crippen LogP contribution in [0.4, 0.5) is 21.7 Å². The van der Waals surface area contributed by atoms with E-state index < -0.39 is 15.8 Å². The summed E-state index contributed by atoms with van der Waals surface area (Å²) >= 11 is 0. The highest BCUT2D eigenvalue weighted by molar-refractivity contribution is 7.92. The van der Waals surface area contributed by atoms with Crippen LogP contribution in [0.15, 0.2) is 53.4 Å². The minimum Gasteiger partial charge on any atom is -0.339 e. The van der Waals surface area contributed by atoms with Crippen molar-refractivity contribution in [2.45, 2.75) is 25.7 Å². The number of anilines is 3. The topological polar surface area (TPSA) is 84.0 Å². The van der Waals surface area contributed by atoms with Crippen LogP contribution in [0.1, 0.15) is 16.7 Å². The van der Waals surface area contributed by atoms with Crippen LogP contribution in [0.3, 0.4) is 0 Å². The van der Waals surface area contributed by atoms with Gasteiger partial charge in [0.15, 0.2) is 11.6 Å².